The Morgan fingerprint density at radius 1 is 1.15 bits per heavy atom. The smallest absolute Gasteiger partial charge is 0.167 e. The molecule has 2 aromatic rings. The molecule has 0 radical (unpaired) electrons. The summed E-state index contributed by atoms with van der Waals surface area (Å²) in [5.74, 6) is -0.761. The van der Waals surface area contributed by atoms with E-state index >= 15 is 0 Å². The fourth-order valence-electron chi connectivity index (χ4n) is 1.58. The molecule has 0 heterocycles. The predicted octanol–water partition coefficient (Wildman–Crippen LogP) is 3.77. The van der Waals surface area contributed by atoms with Crippen LogP contribution in [0.2, 0.25) is 0 Å². The van der Waals surface area contributed by atoms with Gasteiger partial charge < -0.3 is 10.5 Å². The Kier molecular flexibility index (Phi) is 4.34. The lowest BCUT2D eigenvalue weighted by atomic mass is 10.2. The second-order valence-corrected chi connectivity index (χ2v) is 4.80. The lowest BCUT2D eigenvalue weighted by Crippen LogP contribution is -2.13. The summed E-state index contributed by atoms with van der Waals surface area (Å²) in [6.45, 7) is 0. The second kappa shape index (κ2) is 6.00. The van der Waals surface area contributed by atoms with E-state index in [9.17, 15) is 8.78 Å². The largest absolute Gasteiger partial charge is 0.494 e. The van der Waals surface area contributed by atoms with Crippen LogP contribution in [0.4, 0.5) is 14.5 Å². The third-order valence-corrected chi connectivity index (χ3v) is 3.24. The van der Waals surface area contributed by atoms with E-state index in [-0.39, 0.29) is 11.6 Å². The molecule has 0 amide bonds. The minimum absolute atomic E-state index is 0.0981. The molecule has 2 aromatic carbocycles. The lowest BCUT2D eigenvalue weighted by Gasteiger charge is -2.04. The molecule has 0 fully saturated rings. The van der Waals surface area contributed by atoms with Crippen molar-refractivity contribution >= 4 is 27.5 Å². The summed E-state index contributed by atoms with van der Waals surface area (Å²) in [4.78, 5) is 4.05. The Hall–Kier alpha value is -1.95. The number of nitrogens with zero attached hydrogens (tertiary/aromatic N) is 1. The molecule has 0 saturated heterocycles. The van der Waals surface area contributed by atoms with Gasteiger partial charge in [-0.05, 0) is 46.3 Å². The average Bonchev–Trinajstić information content (AvgIpc) is 2.42. The van der Waals surface area contributed by atoms with Crippen molar-refractivity contribution in [3.63, 3.8) is 0 Å². The van der Waals surface area contributed by atoms with Gasteiger partial charge in [-0.3, -0.25) is 0 Å². The Balaban J connectivity index is 2.34. The van der Waals surface area contributed by atoms with E-state index in [0.29, 0.717) is 15.7 Å². The Bertz CT molecular complexity index is 674. The van der Waals surface area contributed by atoms with Crippen molar-refractivity contribution in [1.82, 2.24) is 0 Å². The summed E-state index contributed by atoms with van der Waals surface area (Å²) in [5.41, 5.74) is 6.52. The van der Waals surface area contributed by atoms with Crippen molar-refractivity contribution in [3.05, 3.63) is 58.1 Å². The van der Waals surface area contributed by atoms with E-state index in [4.69, 9.17) is 10.5 Å². The van der Waals surface area contributed by atoms with Crippen LogP contribution in [0.15, 0.2) is 45.9 Å². The van der Waals surface area contributed by atoms with E-state index in [1.807, 2.05) is 0 Å². The van der Waals surface area contributed by atoms with Crippen LogP contribution >= 0.6 is 15.9 Å². The first-order valence-electron chi connectivity index (χ1n) is 5.64. The van der Waals surface area contributed by atoms with Crippen LogP contribution in [-0.2, 0) is 0 Å². The maximum Gasteiger partial charge on any atom is 0.167 e. The number of ether oxygens (including phenoxy) is 1. The Morgan fingerprint density at radius 2 is 1.90 bits per heavy atom. The molecule has 0 saturated carbocycles. The zero-order chi connectivity index (χ0) is 14.7. The minimum atomic E-state index is -0.538. The van der Waals surface area contributed by atoms with Crippen molar-refractivity contribution in [2.45, 2.75) is 0 Å². The molecule has 0 bridgehead atoms. The molecule has 2 rings (SSSR count). The lowest BCUT2D eigenvalue weighted by molar-refractivity contribution is 0.386. The van der Waals surface area contributed by atoms with Crippen LogP contribution in [0.25, 0.3) is 0 Å². The SMILES string of the molecule is COc1ccc(N=C(N)c2ccc(Br)c(F)c2)cc1F. The van der Waals surface area contributed by atoms with Gasteiger partial charge in [0.2, 0.25) is 0 Å². The first-order valence-corrected chi connectivity index (χ1v) is 6.43. The first kappa shape index (κ1) is 14.5. The molecule has 0 aromatic heterocycles. The summed E-state index contributed by atoms with van der Waals surface area (Å²) >= 11 is 3.05. The summed E-state index contributed by atoms with van der Waals surface area (Å²) < 4.78 is 32.1. The number of amidine groups is 1. The van der Waals surface area contributed by atoms with Crippen molar-refractivity contribution in [3.8, 4) is 5.75 Å². The molecule has 104 valence electrons. The zero-order valence-electron chi connectivity index (χ0n) is 10.5. The Morgan fingerprint density at radius 3 is 2.50 bits per heavy atom. The van der Waals surface area contributed by atoms with E-state index in [1.54, 1.807) is 12.1 Å². The molecule has 0 spiro atoms. The van der Waals surface area contributed by atoms with Crippen LogP contribution in [-0.4, -0.2) is 12.9 Å². The number of hydrogen-bond donors (Lipinski definition) is 1. The average molecular weight is 341 g/mol. The number of nitrogens with two attached hydrogens (primary N) is 1. The predicted molar refractivity (Wildman–Crippen MR) is 77.4 cm³/mol. The molecule has 0 aliphatic heterocycles. The second-order valence-electron chi connectivity index (χ2n) is 3.94. The molecular formula is C14H11BrF2N2O. The highest BCUT2D eigenvalue weighted by molar-refractivity contribution is 9.10. The quantitative estimate of drug-likeness (QED) is 0.682. The molecule has 3 nitrogen and oxygen atoms in total. The molecule has 0 atom stereocenters. The highest BCUT2D eigenvalue weighted by atomic mass is 79.9. The molecule has 20 heavy (non-hydrogen) atoms. The number of hydrogen-bond acceptors (Lipinski definition) is 2. The molecule has 2 N–H and O–H groups in total. The molecule has 0 unspecified atom stereocenters. The number of methoxy groups -OCH3 is 1. The number of halogens is 3. The number of aliphatic imine (C=N–C) groups is 1. The first-order chi connectivity index (χ1) is 9.51. The van der Waals surface area contributed by atoms with Crippen molar-refractivity contribution in [2.24, 2.45) is 10.7 Å². The van der Waals surface area contributed by atoms with E-state index in [1.165, 1.54) is 31.4 Å². The fraction of sp³-hybridized carbons (Fsp3) is 0.0714. The topological polar surface area (TPSA) is 47.6 Å². The number of benzene rings is 2. The van der Waals surface area contributed by atoms with Gasteiger partial charge in [-0.25, -0.2) is 13.8 Å². The van der Waals surface area contributed by atoms with Crippen LogP contribution < -0.4 is 10.5 Å². The maximum absolute atomic E-state index is 13.5. The fourth-order valence-corrected chi connectivity index (χ4v) is 1.83. The third-order valence-electron chi connectivity index (χ3n) is 2.60. The summed E-state index contributed by atoms with van der Waals surface area (Å²) in [6, 6.07) is 8.60. The molecule has 0 aliphatic rings. The van der Waals surface area contributed by atoms with Gasteiger partial charge in [-0.2, -0.15) is 0 Å². The summed E-state index contributed by atoms with van der Waals surface area (Å²) in [7, 11) is 1.38. The van der Waals surface area contributed by atoms with Crippen LogP contribution in [0.3, 0.4) is 0 Å². The Labute approximate surface area is 123 Å². The minimum Gasteiger partial charge on any atom is -0.494 e. The van der Waals surface area contributed by atoms with Gasteiger partial charge in [-0.1, -0.05) is 0 Å². The van der Waals surface area contributed by atoms with Gasteiger partial charge in [0.05, 0.1) is 17.3 Å². The maximum atomic E-state index is 13.5. The van der Waals surface area contributed by atoms with Gasteiger partial charge in [0.25, 0.3) is 0 Å². The van der Waals surface area contributed by atoms with Gasteiger partial charge in [0.15, 0.2) is 11.6 Å². The van der Waals surface area contributed by atoms with Crippen LogP contribution in [0.5, 0.6) is 5.75 Å². The van der Waals surface area contributed by atoms with E-state index in [0.717, 1.165) is 0 Å². The third kappa shape index (κ3) is 3.14. The highest BCUT2D eigenvalue weighted by Crippen LogP contribution is 2.23. The molecule has 6 heteroatoms. The van der Waals surface area contributed by atoms with Crippen molar-refractivity contribution < 1.29 is 13.5 Å². The van der Waals surface area contributed by atoms with Crippen LogP contribution in [0, 0.1) is 11.6 Å². The van der Waals surface area contributed by atoms with Gasteiger partial charge in [0.1, 0.15) is 11.7 Å². The van der Waals surface area contributed by atoms with Crippen molar-refractivity contribution in [2.75, 3.05) is 7.11 Å². The summed E-state index contributed by atoms with van der Waals surface area (Å²) in [6.07, 6.45) is 0. The van der Waals surface area contributed by atoms with E-state index < -0.39 is 11.6 Å². The number of rotatable bonds is 3. The van der Waals surface area contributed by atoms with Crippen molar-refractivity contribution in [1.29, 1.82) is 0 Å². The normalized spacial score (nSPS) is 11.5. The molecule has 0 aliphatic carbocycles. The summed E-state index contributed by atoms with van der Waals surface area (Å²) in [5, 5.41) is 0. The molecular weight excluding hydrogens is 330 g/mol. The monoisotopic (exact) mass is 340 g/mol. The zero-order valence-corrected chi connectivity index (χ0v) is 12.1. The standard InChI is InChI=1S/C14H11BrF2N2O/c1-20-13-5-3-9(7-12(13)17)19-14(18)8-2-4-10(15)11(16)6-8/h2-7H,1H3,(H2,18,19). The van der Waals surface area contributed by atoms with Gasteiger partial charge in [-0.15, -0.1) is 0 Å². The van der Waals surface area contributed by atoms with E-state index in [2.05, 4.69) is 20.9 Å². The van der Waals surface area contributed by atoms with Gasteiger partial charge >= 0.3 is 0 Å². The van der Waals surface area contributed by atoms with Crippen LogP contribution in [0.1, 0.15) is 5.56 Å². The highest BCUT2D eigenvalue weighted by Gasteiger charge is 2.06. The van der Waals surface area contributed by atoms with Gasteiger partial charge in [0, 0.05) is 11.6 Å².